The summed E-state index contributed by atoms with van der Waals surface area (Å²) in [7, 11) is -0.912. The highest BCUT2D eigenvalue weighted by Gasteiger charge is 2.43. The van der Waals surface area contributed by atoms with Crippen LogP contribution in [0.15, 0.2) is 53.4 Å². The predicted octanol–water partition coefficient (Wildman–Crippen LogP) is 6.32. The van der Waals surface area contributed by atoms with Gasteiger partial charge in [0.1, 0.15) is 11.9 Å². The number of nitro benzene ring substituents is 1. The minimum absolute atomic E-state index is 0.107. The van der Waals surface area contributed by atoms with Crippen LogP contribution in [-0.2, 0) is 9.22 Å². The first kappa shape index (κ1) is 25.0. The van der Waals surface area contributed by atoms with Crippen LogP contribution in [0.1, 0.15) is 32.4 Å². The molecule has 0 aliphatic rings. The highest BCUT2D eigenvalue weighted by atomic mass is 32.2. The van der Waals surface area contributed by atoms with Crippen LogP contribution in [0.25, 0.3) is 0 Å². The summed E-state index contributed by atoms with van der Waals surface area (Å²) in [6.07, 6.45) is -3.09. The van der Waals surface area contributed by atoms with Gasteiger partial charge in [-0.2, -0.15) is 0 Å². The van der Waals surface area contributed by atoms with Gasteiger partial charge in [-0.25, -0.2) is 4.39 Å². The van der Waals surface area contributed by atoms with Crippen LogP contribution >= 0.6 is 11.8 Å². The average Bonchev–Trinajstić information content (AvgIpc) is 2.71. The summed E-state index contributed by atoms with van der Waals surface area (Å²) < 4.78 is 26.9. The summed E-state index contributed by atoms with van der Waals surface area (Å²) in [6, 6.07) is 12.3. The third-order valence-corrected chi connectivity index (χ3v) is 10.8. The first-order chi connectivity index (χ1) is 14.4. The summed E-state index contributed by atoms with van der Waals surface area (Å²) in [4.78, 5) is 23.8. The van der Waals surface area contributed by atoms with Crippen molar-refractivity contribution in [2.75, 3.05) is 7.11 Å². The third-order valence-electron chi connectivity index (χ3n) is 5.43. The van der Waals surface area contributed by atoms with Crippen molar-refractivity contribution in [3.8, 4) is 5.75 Å². The molecule has 31 heavy (non-hydrogen) atoms. The Labute approximate surface area is 187 Å². The van der Waals surface area contributed by atoms with Gasteiger partial charge in [0.15, 0.2) is 14.5 Å². The van der Waals surface area contributed by atoms with E-state index in [9.17, 15) is 14.9 Å². The standard InChI is InChI=1S/C22H28FNO5SSi/c1-22(2,3)31(5,6)29-20(15-7-9-16(10-8-15)24(26)27)19(23)21(25)30-18-13-11-17(28-4)12-14-18/h7-14,19-20H,1-6H3/t19-,20-/m0/s1. The summed E-state index contributed by atoms with van der Waals surface area (Å²) in [5.41, 5.74) is 0.288. The normalized spacial score (nSPS) is 14.0. The van der Waals surface area contributed by atoms with Crippen molar-refractivity contribution in [1.29, 1.82) is 0 Å². The third kappa shape index (κ3) is 6.38. The first-order valence-electron chi connectivity index (χ1n) is 9.77. The van der Waals surface area contributed by atoms with Crippen molar-refractivity contribution in [3.63, 3.8) is 0 Å². The molecule has 6 nitrogen and oxygen atoms in total. The van der Waals surface area contributed by atoms with Crippen LogP contribution in [-0.4, -0.2) is 31.6 Å². The van der Waals surface area contributed by atoms with Crippen molar-refractivity contribution in [3.05, 3.63) is 64.2 Å². The van der Waals surface area contributed by atoms with E-state index in [-0.39, 0.29) is 10.7 Å². The predicted molar refractivity (Wildman–Crippen MR) is 123 cm³/mol. The fourth-order valence-electron chi connectivity index (χ4n) is 2.52. The molecule has 0 aliphatic heterocycles. The zero-order valence-electron chi connectivity index (χ0n) is 18.5. The number of ether oxygens (including phenoxy) is 1. The Kier molecular flexibility index (Phi) is 8.02. The fourth-order valence-corrected chi connectivity index (χ4v) is 4.50. The number of methoxy groups -OCH3 is 1. The number of halogens is 1. The number of rotatable bonds is 8. The lowest BCUT2D eigenvalue weighted by Crippen LogP contribution is -2.44. The lowest BCUT2D eigenvalue weighted by atomic mass is 10.1. The van der Waals surface area contributed by atoms with Gasteiger partial charge in [0.2, 0.25) is 5.12 Å². The van der Waals surface area contributed by atoms with E-state index in [1.54, 1.807) is 24.3 Å². The second-order valence-electron chi connectivity index (χ2n) is 8.65. The Bertz CT molecular complexity index is 913. The maximum Gasteiger partial charge on any atom is 0.269 e. The number of benzene rings is 2. The second kappa shape index (κ2) is 9.93. The monoisotopic (exact) mass is 465 g/mol. The maximum atomic E-state index is 15.5. The molecule has 0 bridgehead atoms. The molecule has 0 saturated heterocycles. The van der Waals surface area contributed by atoms with E-state index in [1.807, 2.05) is 33.9 Å². The molecule has 0 N–H and O–H groups in total. The molecule has 0 amide bonds. The molecule has 2 rings (SSSR count). The Hall–Kier alpha value is -2.23. The van der Waals surface area contributed by atoms with Crippen LogP contribution < -0.4 is 4.74 Å². The van der Waals surface area contributed by atoms with Crippen molar-refractivity contribution in [1.82, 2.24) is 0 Å². The lowest BCUT2D eigenvalue weighted by molar-refractivity contribution is -0.384. The zero-order valence-corrected chi connectivity index (χ0v) is 20.4. The van der Waals surface area contributed by atoms with Crippen molar-refractivity contribution < 1.29 is 23.3 Å². The first-order valence-corrected chi connectivity index (χ1v) is 13.5. The second-order valence-corrected chi connectivity index (χ2v) is 14.5. The minimum atomic E-state index is -2.45. The van der Waals surface area contributed by atoms with Crippen molar-refractivity contribution in [2.24, 2.45) is 0 Å². The van der Waals surface area contributed by atoms with Crippen LogP contribution in [0.4, 0.5) is 10.1 Å². The van der Waals surface area contributed by atoms with Crippen LogP contribution in [0.2, 0.25) is 18.1 Å². The molecule has 0 fully saturated rings. The van der Waals surface area contributed by atoms with E-state index < -0.39 is 30.6 Å². The molecular weight excluding hydrogens is 437 g/mol. The van der Waals surface area contributed by atoms with Gasteiger partial charge in [0.05, 0.1) is 12.0 Å². The molecule has 2 aromatic rings. The Balaban J connectivity index is 2.32. The molecule has 0 saturated carbocycles. The summed E-state index contributed by atoms with van der Waals surface area (Å²) in [6.45, 7) is 10.0. The van der Waals surface area contributed by atoms with Gasteiger partial charge in [-0.05, 0) is 71.9 Å². The van der Waals surface area contributed by atoms with Crippen molar-refractivity contribution >= 4 is 30.9 Å². The number of thioether (sulfide) groups is 1. The number of hydrogen-bond acceptors (Lipinski definition) is 6. The average molecular weight is 466 g/mol. The lowest BCUT2D eigenvalue weighted by Gasteiger charge is -2.40. The smallest absolute Gasteiger partial charge is 0.269 e. The van der Waals surface area contributed by atoms with E-state index >= 15 is 4.39 Å². The Morgan fingerprint density at radius 1 is 1.10 bits per heavy atom. The van der Waals surface area contributed by atoms with Crippen LogP contribution in [0, 0.1) is 10.1 Å². The molecule has 0 heterocycles. The molecule has 0 unspecified atom stereocenters. The SMILES string of the molecule is COc1ccc(SC(=O)[C@@H](F)[C@@H](O[Si](C)(C)C(C)(C)C)c2ccc([N+](=O)[O-])cc2)cc1. The van der Waals surface area contributed by atoms with Crippen molar-refractivity contribution in [2.45, 2.75) is 56.1 Å². The van der Waals surface area contributed by atoms with Gasteiger partial charge in [0, 0.05) is 17.0 Å². The topological polar surface area (TPSA) is 78.7 Å². The van der Waals surface area contributed by atoms with Crippen LogP contribution in [0.5, 0.6) is 5.75 Å². The number of hydrogen-bond donors (Lipinski definition) is 0. The molecule has 0 radical (unpaired) electrons. The molecule has 9 heteroatoms. The molecule has 0 spiro atoms. The van der Waals surface area contributed by atoms with Gasteiger partial charge in [0.25, 0.3) is 5.69 Å². The molecule has 0 aromatic heterocycles. The van der Waals surface area contributed by atoms with Gasteiger partial charge < -0.3 is 9.16 Å². The highest BCUT2D eigenvalue weighted by molar-refractivity contribution is 8.13. The maximum absolute atomic E-state index is 15.5. The summed E-state index contributed by atoms with van der Waals surface area (Å²) in [5.74, 6) is 0.638. The van der Waals surface area contributed by atoms with E-state index in [0.29, 0.717) is 16.2 Å². The van der Waals surface area contributed by atoms with Gasteiger partial charge in [-0.15, -0.1) is 0 Å². The Morgan fingerprint density at radius 3 is 2.10 bits per heavy atom. The van der Waals surface area contributed by atoms with Crippen LogP contribution in [0.3, 0.4) is 0 Å². The van der Waals surface area contributed by atoms with Gasteiger partial charge in [-0.1, -0.05) is 20.8 Å². The number of alkyl halides is 1. The van der Waals surface area contributed by atoms with Gasteiger partial charge in [-0.3, -0.25) is 14.9 Å². The van der Waals surface area contributed by atoms with E-state index in [0.717, 1.165) is 11.8 Å². The number of nitrogens with zero attached hydrogens (tertiary/aromatic N) is 1. The number of carbonyl (C=O) groups excluding carboxylic acids is 1. The minimum Gasteiger partial charge on any atom is -0.497 e. The quantitative estimate of drug-likeness (QED) is 0.196. The molecule has 2 aromatic carbocycles. The number of non-ortho nitro benzene ring substituents is 1. The number of nitro groups is 1. The summed E-state index contributed by atoms with van der Waals surface area (Å²) >= 11 is 0.793. The molecular formula is C22H28FNO5SSi. The Morgan fingerprint density at radius 2 is 1.65 bits per heavy atom. The fraction of sp³-hybridized carbons (Fsp3) is 0.409. The number of carbonyl (C=O) groups is 1. The van der Waals surface area contributed by atoms with Gasteiger partial charge >= 0.3 is 0 Å². The molecule has 168 valence electrons. The molecule has 0 aliphatic carbocycles. The highest BCUT2D eigenvalue weighted by Crippen LogP contribution is 2.42. The summed E-state index contributed by atoms with van der Waals surface area (Å²) in [5, 5.41) is 10.1. The van der Waals surface area contributed by atoms with E-state index in [2.05, 4.69) is 0 Å². The largest absolute Gasteiger partial charge is 0.497 e. The van der Waals surface area contributed by atoms with E-state index in [1.165, 1.54) is 31.4 Å². The molecule has 2 atom stereocenters. The van der Waals surface area contributed by atoms with E-state index in [4.69, 9.17) is 9.16 Å². The zero-order chi connectivity index (χ0) is 23.4.